The van der Waals surface area contributed by atoms with Gasteiger partial charge in [-0.2, -0.15) is 17.6 Å². The van der Waals surface area contributed by atoms with Crippen molar-refractivity contribution < 1.29 is 22.3 Å². The molecule has 0 saturated heterocycles. The minimum Gasteiger partial charge on any atom is -0.468 e. The summed E-state index contributed by atoms with van der Waals surface area (Å²) in [6.07, 6.45) is -3.68. The Morgan fingerprint density at radius 1 is 1.31 bits per heavy atom. The van der Waals surface area contributed by atoms with E-state index in [4.69, 9.17) is 0 Å². The van der Waals surface area contributed by atoms with Crippen molar-refractivity contribution in [3.8, 4) is 5.88 Å². The van der Waals surface area contributed by atoms with Gasteiger partial charge in [0.05, 0.1) is 6.07 Å². The number of halogens is 4. The first-order valence-electron chi connectivity index (χ1n) is 3.14. The molecule has 0 aliphatic carbocycles. The molecule has 1 heterocycles. The number of alkyl halides is 3. The first-order chi connectivity index (χ1) is 5.97. The van der Waals surface area contributed by atoms with Crippen molar-refractivity contribution in [2.45, 2.75) is 6.18 Å². The van der Waals surface area contributed by atoms with Crippen molar-refractivity contribution in [1.82, 2.24) is 9.97 Å². The second kappa shape index (κ2) is 3.55. The van der Waals surface area contributed by atoms with Gasteiger partial charge in [0.25, 0.3) is 0 Å². The molecule has 1 rings (SSSR count). The van der Waals surface area contributed by atoms with E-state index < -0.39 is 24.6 Å². The summed E-state index contributed by atoms with van der Waals surface area (Å²) in [5, 5.41) is 0. The molecule has 1 aromatic heterocycles. The molecule has 1 aromatic rings. The Labute approximate surface area is 70.4 Å². The average Bonchev–Trinajstić information content (AvgIpc) is 2.00. The molecule has 72 valence electrons. The number of nitrogens with zero attached hydrogens (tertiary/aromatic N) is 2. The van der Waals surface area contributed by atoms with Gasteiger partial charge in [0.15, 0.2) is 6.61 Å². The SMILES string of the molecule is Fc1cc(OCC(F)(F)F)ncn1. The third-order valence-electron chi connectivity index (χ3n) is 0.992. The highest BCUT2D eigenvalue weighted by atomic mass is 19.4. The second-order valence-electron chi connectivity index (χ2n) is 2.08. The molecule has 0 aliphatic heterocycles. The van der Waals surface area contributed by atoms with Crippen LogP contribution in [-0.2, 0) is 0 Å². The smallest absolute Gasteiger partial charge is 0.422 e. The average molecular weight is 196 g/mol. The lowest BCUT2D eigenvalue weighted by molar-refractivity contribution is -0.154. The number of ether oxygens (including phenoxy) is 1. The molecule has 7 heteroatoms. The fraction of sp³-hybridized carbons (Fsp3) is 0.333. The van der Waals surface area contributed by atoms with Gasteiger partial charge in [0.2, 0.25) is 11.8 Å². The number of hydrogen-bond donors (Lipinski definition) is 0. The number of aromatic nitrogens is 2. The molecule has 0 spiro atoms. The van der Waals surface area contributed by atoms with Crippen LogP contribution in [0.1, 0.15) is 0 Å². The second-order valence-corrected chi connectivity index (χ2v) is 2.08. The summed E-state index contributed by atoms with van der Waals surface area (Å²) < 4.78 is 51.1. The molecule has 0 aliphatic rings. The Kier molecular flexibility index (Phi) is 2.64. The van der Waals surface area contributed by atoms with Crippen LogP contribution in [0.25, 0.3) is 0 Å². The molecule has 0 aromatic carbocycles. The first-order valence-corrected chi connectivity index (χ1v) is 3.14. The molecule has 0 bridgehead atoms. The predicted octanol–water partition coefficient (Wildman–Crippen LogP) is 1.56. The summed E-state index contributed by atoms with van der Waals surface area (Å²) in [5.41, 5.74) is 0. The zero-order valence-corrected chi connectivity index (χ0v) is 6.18. The molecule has 0 saturated carbocycles. The van der Waals surface area contributed by atoms with Gasteiger partial charge in [0, 0.05) is 0 Å². The van der Waals surface area contributed by atoms with Gasteiger partial charge in [-0.25, -0.2) is 9.97 Å². The van der Waals surface area contributed by atoms with Crippen LogP contribution >= 0.6 is 0 Å². The van der Waals surface area contributed by atoms with E-state index in [-0.39, 0.29) is 0 Å². The van der Waals surface area contributed by atoms with E-state index in [1.807, 2.05) is 0 Å². The first kappa shape index (κ1) is 9.69. The lowest BCUT2D eigenvalue weighted by Crippen LogP contribution is -2.19. The number of rotatable bonds is 2. The standard InChI is InChI=1S/C6H4F4N2O/c7-4-1-5(12-3-11-4)13-2-6(8,9)10/h1,3H,2H2. The lowest BCUT2D eigenvalue weighted by atomic mass is 10.6. The zero-order chi connectivity index (χ0) is 9.90. The van der Waals surface area contributed by atoms with Crippen LogP contribution in [0.4, 0.5) is 17.6 Å². The highest BCUT2D eigenvalue weighted by Gasteiger charge is 2.28. The Balaban J connectivity index is 2.55. The van der Waals surface area contributed by atoms with E-state index in [2.05, 4.69) is 14.7 Å². The molecule has 13 heavy (non-hydrogen) atoms. The lowest BCUT2D eigenvalue weighted by Gasteiger charge is -2.07. The van der Waals surface area contributed by atoms with E-state index in [9.17, 15) is 17.6 Å². The summed E-state index contributed by atoms with van der Waals surface area (Å²) in [6.45, 7) is -1.50. The Bertz CT molecular complexity index is 288. The fourth-order valence-electron chi connectivity index (χ4n) is 0.552. The van der Waals surface area contributed by atoms with Crippen LogP contribution in [0.15, 0.2) is 12.4 Å². The monoisotopic (exact) mass is 196 g/mol. The van der Waals surface area contributed by atoms with Crippen molar-refractivity contribution in [2.75, 3.05) is 6.61 Å². The molecule has 0 radical (unpaired) electrons. The third-order valence-corrected chi connectivity index (χ3v) is 0.992. The maximum absolute atomic E-state index is 12.3. The van der Waals surface area contributed by atoms with Crippen molar-refractivity contribution in [2.24, 2.45) is 0 Å². The maximum atomic E-state index is 12.3. The van der Waals surface area contributed by atoms with E-state index in [1.54, 1.807) is 0 Å². The van der Waals surface area contributed by atoms with E-state index in [0.29, 0.717) is 6.07 Å². The molecule has 0 unspecified atom stereocenters. The zero-order valence-electron chi connectivity index (χ0n) is 6.18. The maximum Gasteiger partial charge on any atom is 0.422 e. The minimum absolute atomic E-state index is 0.440. The summed E-state index contributed by atoms with van der Waals surface area (Å²) in [6, 6.07) is 0.672. The highest BCUT2D eigenvalue weighted by molar-refractivity contribution is 5.05. The Hall–Kier alpha value is -1.40. The van der Waals surface area contributed by atoms with Gasteiger partial charge in [-0.3, -0.25) is 0 Å². The van der Waals surface area contributed by atoms with Crippen LogP contribution in [0.2, 0.25) is 0 Å². The summed E-state index contributed by atoms with van der Waals surface area (Å²) >= 11 is 0. The van der Waals surface area contributed by atoms with Gasteiger partial charge in [-0.1, -0.05) is 0 Å². The van der Waals surface area contributed by atoms with Crippen LogP contribution in [0, 0.1) is 5.95 Å². The van der Waals surface area contributed by atoms with Crippen LogP contribution in [0.5, 0.6) is 5.88 Å². The van der Waals surface area contributed by atoms with E-state index in [0.717, 1.165) is 6.33 Å². The Morgan fingerprint density at radius 2 is 2.00 bits per heavy atom. The molecular weight excluding hydrogens is 192 g/mol. The van der Waals surface area contributed by atoms with Gasteiger partial charge in [-0.05, 0) is 0 Å². The van der Waals surface area contributed by atoms with Gasteiger partial charge in [0.1, 0.15) is 6.33 Å². The van der Waals surface area contributed by atoms with Crippen molar-refractivity contribution >= 4 is 0 Å². The summed E-state index contributed by atoms with van der Waals surface area (Å²) in [7, 11) is 0. The van der Waals surface area contributed by atoms with Crippen LogP contribution in [-0.4, -0.2) is 22.8 Å². The molecule has 0 N–H and O–H groups in total. The van der Waals surface area contributed by atoms with Crippen molar-refractivity contribution in [3.63, 3.8) is 0 Å². The van der Waals surface area contributed by atoms with Gasteiger partial charge in [-0.15, -0.1) is 0 Å². The van der Waals surface area contributed by atoms with E-state index >= 15 is 0 Å². The molecule has 0 fully saturated rings. The predicted molar refractivity (Wildman–Crippen MR) is 33.5 cm³/mol. The molecular formula is C6H4F4N2O. The number of hydrogen-bond acceptors (Lipinski definition) is 3. The molecule has 3 nitrogen and oxygen atoms in total. The topological polar surface area (TPSA) is 35.0 Å². The van der Waals surface area contributed by atoms with Crippen molar-refractivity contribution in [1.29, 1.82) is 0 Å². The quantitative estimate of drug-likeness (QED) is 0.531. The molecule has 0 atom stereocenters. The largest absolute Gasteiger partial charge is 0.468 e. The minimum atomic E-state index is -4.46. The van der Waals surface area contributed by atoms with Crippen LogP contribution in [0.3, 0.4) is 0 Å². The summed E-state index contributed by atoms with van der Waals surface area (Å²) in [4.78, 5) is 6.31. The van der Waals surface area contributed by atoms with Gasteiger partial charge >= 0.3 is 6.18 Å². The Morgan fingerprint density at radius 3 is 2.54 bits per heavy atom. The highest BCUT2D eigenvalue weighted by Crippen LogP contribution is 2.16. The van der Waals surface area contributed by atoms with Crippen molar-refractivity contribution in [3.05, 3.63) is 18.3 Å². The normalized spacial score (nSPS) is 11.4. The third kappa shape index (κ3) is 3.68. The summed E-state index contributed by atoms with van der Waals surface area (Å²) in [5.74, 6) is -1.38. The fourth-order valence-corrected chi connectivity index (χ4v) is 0.552. The van der Waals surface area contributed by atoms with E-state index in [1.165, 1.54) is 0 Å². The van der Waals surface area contributed by atoms with Gasteiger partial charge < -0.3 is 4.74 Å². The molecule has 0 amide bonds. The van der Waals surface area contributed by atoms with Crippen LogP contribution < -0.4 is 4.74 Å².